The molecule has 0 unspecified atom stereocenters. The minimum Gasteiger partial charge on any atom is -0.270 e. The number of hydrogen-bond donors (Lipinski definition) is 0. The van der Waals surface area contributed by atoms with Crippen LogP contribution in [0.25, 0.3) is 0 Å². The van der Waals surface area contributed by atoms with Crippen molar-refractivity contribution in [2.24, 2.45) is 5.41 Å². The second kappa shape index (κ2) is 5.22. The van der Waals surface area contributed by atoms with Gasteiger partial charge in [0.2, 0.25) is 0 Å². The van der Waals surface area contributed by atoms with Crippen LogP contribution in [0.15, 0.2) is 12.3 Å². The molecule has 0 saturated carbocycles. The van der Waals surface area contributed by atoms with Crippen LogP contribution >= 0.6 is 23.2 Å². The monoisotopic (exact) mass is 248 g/mol. The molecule has 2 nitrogen and oxygen atoms in total. The maximum atomic E-state index is 5.91. The molecule has 0 N–H and O–H groups in total. The van der Waals surface area contributed by atoms with Crippen LogP contribution in [-0.2, 0) is 6.42 Å². The van der Waals surface area contributed by atoms with Gasteiger partial charge in [-0.1, -0.05) is 6.92 Å². The Balaban J connectivity index is 2.72. The molecule has 15 heavy (non-hydrogen) atoms. The molecular weight excluding hydrogens is 231 g/mol. The van der Waals surface area contributed by atoms with Crippen LogP contribution in [0.4, 0.5) is 0 Å². The summed E-state index contributed by atoms with van der Waals surface area (Å²) in [4.78, 5) is 0. The van der Waals surface area contributed by atoms with E-state index in [0.717, 1.165) is 12.1 Å². The third-order valence-electron chi connectivity index (χ3n) is 2.45. The summed E-state index contributed by atoms with van der Waals surface area (Å²) < 4.78 is 1.96. The highest BCUT2D eigenvalue weighted by molar-refractivity contribution is 6.21. The molecule has 1 rings (SSSR count). The summed E-state index contributed by atoms with van der Waals surface area (Å²) in [6.45, 7) is 6.31. The van der Waals surface area contributed by atoms with Crippen LogP contribution in [0.3, 0.4) is 0 Å². The van der Waals surface area contributed by atoms with Crippen LogP contribution in [0.1, 0.15) is 32.5 Å². The van der Waals surface area contributed by atoms with Gasteiger partial charge in [0.1, 0.15) is 0 Å². The lowest BCUT2D eigenvalue weighted by atomic mass is 9.90. The Labute approximate surface area is 102 Å². The van der Waals surface area contributed by atoms with Gasteiger partial charge in [-0.3, -0.25) is 4.68 Å². The quantitative estimate of drug-likeness (QED) is 0.730. The summed E-state index contributed by atoms with van der Waals surface area (Å²) in [6, 6.07) is 2.44. The number of hydrogen-bond acceptors (Lipinski definition) is 1. The minimum absolute atomic E-state index is 0.0563. The molecule has 0 fully saturated rings. The van der Waals surface area contributed by atoms with Gasteiger partial charge < -0.3 is 0 Å². The zero-order valence-electron chi connectivity index (χ0n) is 9.50. The molecule has 0 aliphatic carbocycles. The summed E-state index contributed by atoms with van der Waals surface area (Å²) in [6.07, 6.45) is 2.84. The third kappa shape index (κ3) is 3.39. The molecular formula is C11H18Cl2N2. The molecule has 0 radical (unpaired) electrons. The van der Waals surface area contributed by atoms with E-state index in [9.17, 15) is 0 Å². The molecule has 0 saturated heterocycles. The summed E-state index contributed by atoms with van der Waals surface area (Å²) in [7, 11) is 0. The van der Waals surface area contributed by atoms with E-state index in [1.165, 1.54) is 0 Å². The number of alkyl halides is 2. The van der Waals surface area contributed by atoms with E-state index in [0.29, 0.717) is 17.8 Å². The molecule has 0 aliphatic heterocycles. The second-order valence-electron chi connectivity index (χ2n) is 4.64. The van der Waals surface area contributed by atoms with E-state index in [2.05, 4.69) is 25.9 Å². The Morgan fingerprint density at radius 3 is 2.40 bits per heavy atom. The van der Waals surface area contributed by atoms with Gasteiger partial charge >= 0.3 is 0 Å². The van der Waals surface area contributed by atoms with Crippen LogP contribution in [0.2, 0.25) is 0 Å². The van der Waals surface area contributed by atoms with Gasteiger partial charge in [-0.15, -0.1) is 23.2 Å². The molecule has 1 aromatic rings. The first-order valence-corrected chi connectivity index (χ1v) is 6.23. The number of rotatable bonds is 5. The number of aromatic nitrogens is 2. The highest BCUT2D eigenvalue weighted by Crippen LogP contribution is 2.25. The third-order valence-corrected chi connectivity index (χ3v) is 3.74. The summed E-state index contributed by atoms with van der Waals surface area (Å²) in [5.41, 5.74) is 1.01. The van der Waals surface area contributed by atoms with Crippen LogP contribution in [-0.4, -0.2) is 21.5 Å². The molecule has 86 valence electrons. The SMILES string of the molecule is CC(C)n1ccc(CC(C)(CCl)CCl)n1. The zero-order chi connectivity index (χ0) is 11.5. The largest absolute Gasteiger partial charge is 0.270 e. The molecule has 1 heterocycles. The topological polar surface area (TPSA) is 17.8 Å². The maximum Gasteiger partial charge on any atom is 0.0631 e. The van der Waals surface area contributed by atoms with Crippen molar-refractivity contribution in [3.63, 3.8) is 0 Å². The lowest BCUT2D eigenvalue weighted by Crippen LogP contribution is -2.24. The summed E-state index contributed by atoms with van der Waals surface area (Å²) in [5, 5.41) is 4.49. The molecule has 0 aliphatic rings. The first-order valence-electron chi connectivity index (χ1n) is 5.17. The fourth-order valence-corrected chi connectivity index (χ4v) is 1.80. The summed E-state index contributed by atoms with van der Waals surface area (Å²) >= 11 is 11.8. The van der Waals surface area contributed by atoms with Crippen molar-refractivity contribution >= 4 is 23.2 Å². The van der Waals surface area contributed by atoms with E-state index in [4.69, 9.17) is 23.2 Å². The highest BCUT2D eigenvalue weighted by atomic mass is 35.5. The van der Waals surface area contributed by atoms with Crippen molar-refractivity contribution < 1.29 is 0 Å². The average Bonchev–Trinajstić information content (AvgIpc) is 2.66. The minimum atomic E-state index is -0.0563. The van der Waals surface area contributed by atoms with Gasteiger partial charge in [-0.25, -0.2) is 0 Å². The average molecular weight is 249 g/mol. The molecule has 0 amide bonds. The fourth-order valence-electron chi connectivity index (χ4n) is 1.33. The lowest BCUT2D eigenvalue weighted by molar-refractivity contribution is 0.413. The van der Waals surface area contributed by atoms with Crippen molar-refractivity contribution in [2.45, 2.75) is 33.2 Å². The van der Waals surface area contributed by atoms with Gasteiger partial charge in [-0.2, -0.15) is 5.10 Å². The predicted molar refractivity (Wildman–Crippen MR) is 65.9 cm³/mol. The second-order valence-corrected chi connectivity index (χ2v) is 5.17. The van der Waals surface area contributed by atoms with E-state index >= 15 is 0 Å². The van der Waals surface area contributed by atoms with Crippen LogP contribution in [0, 0.1) is 5.41 Å². The Hall–Kier alpha value is -0.210. The van der Waals surface area contributed by atoms with E-state index in [1.54, 1.807) is 0 Å². The van der Waals surface area contributed by atoms with Gasteiger partial charge in [0.25, 0.3) is 0 Å². The van der Waals surface area contributed by atoms with Crippen molar-refractivity contribution in [1.82, 2.24) is 9.78 Å². The van der Waals surface area contributed by atoms with Crippen molar-refractivity contribution in [3.05, 3.63) is 18.0 Å². The fraction of sp³-hybridized carbons (Fsp3) is 0.727. The van der Waals surface area contributed by atoms with Crippen molar-refractivity contribution in [3.8, 4) is 0 Å². The maximum absolute atomic E-state index is 5.91. The van der Waals surface area contributed by atoms with E-state index in [-0.39, 0.29) is 5.41 Å². The Kier molecular flexibility index (Phi) is 4.47. The lowest BCUT2D eigenvalue weighted by Gasteiger charge is -2.22. The van der Waals surface area contributed by atoms with Gasteiger partial charge in [0.15, 0.2) is 0 Å². The predicted octanol–water partition coefficient (Wildman–Crippen LogP) is 3.49. The number of halogens is 2. The van der Waals surface area contributed by atoms with Crippen molar-refractivity contribution in [2.75, 3.05) is 11.8 Å². The van der Waals surface area contributed by atoms with E-state index in [1.807, 2.05) is 16.9 Å². The highest BCUT2D eigenvalue weighted by Gasteiger charge is 2.23. The number of nitrogens with zero attached hydrogens (tertiary/aromatic N) is 2. The first kappa shape index (κ1) is 12.9. The zero-order valence-corrected chi connectivity index (χ0v) is 11.0. The van der Waals surface area contributed by atoms with Crippen LogP contribution < -0.4 is 0 Å². The molecule has 0 atom stereocenters. The normalized spacial score (nSPS) is 12.4. The Bertz CT molecular complexity index is 303. The van der Waals surface area contributed by atoms with Crippen LogP contribution in [0.5, 0.6) is 0 Å². The summed E-state index contributed by atoms with van der Waals surface area (Å²) in [5.74, 6) is 1.12. The molecule has 0 spiro atoms. The Morgan fingerprint density at radius 2 is 2.00 bits per heavy atom. The molecule has 1 aromatic heterocycles. The van der Waals surface area contributed by atoms with Gasteiger partial charge in [-0.05, 0) is 26.3 Å². The molecule has 4 heteroatoms. The smallest absolute Gasteiger partial charge is 0.0631 e. The standard InChI is InChI=1S/C11H18Cl2N2/c1-9(2)15-5-4-10(14-15)6-11(3,7-12)8-13/h4-5,9H,6-8H2,1-3H3. The van der Waals surface area contributed by atoms with Crippen molar-refractivity contribution in [1.29, 1.82) is 0 Å². The van der Waals surface area contributed by atoms with Gasteiger partial charge in [0.05, 0.1) is 5.69 Å². The Morgan fingerprint density at radius 1 is 1.40 bits per heavy atom. The molecule has 0 bridgehead atoms. The molecule has 0 aromatic carbocycles. The van der Waals surface area contributed by atoms with E-state index < -0.39 is 0 Å². The van der Waals surface area contributed by atoms with Gasteiger partial charge in [0, 0.05) is 29.4 Å². The first-order chi connectivity index (χ1) is 7.00.